The fourth-order valence-corrected chi connectivity index (χ4v) is 4.86. The lowest BCUT2D eigenvalue weighted by molar-refractivity contribution is 0.472. The SMILES string of the molecule is O=S(=O)(O)CCS(=O)(=O)O.c1ccc2scnc2c1.c1ccc2scnc2c1. The van der Waals surface area contributed by atoms with E-state index in [2.05, 4.69) is 22.1 Å². The fourth-order valence-electron chi connectivity index (χ4n) is 1.82. The molecule has 2 N–H and O–H groups in total. The minimum atomic E-state index is -4.30. The van der Waals surface area contributed by atoms with E-state index in [1.54, 1.807) is 22.7 Å². The van der Waals surface area contributed by atoms with Crippen molar-refractivity contribution in [1.82, 2.24) is 9.97 Å². The lowest BCUT2D eigenvalue weighted by atomic mass is 10.3. The summed E-state index contributed by atoms with van der Waals surface area (Å²) in [5.74, 6) is -1.96. The first-order valence-corrected chi connectivity index (χ1v) is 12.6. The van der Waals surface area contributed by atoms with Crippen LogP contribution in [-0.4, -0.2) is 47.4 Å². The van der Waals surface area contributed by atoms with Gasteiger partial charge in [-0.3, -0.25) is 9.11 Å². The maximum absolute atomic E-state index is 9.86. The molecule has 2 aromatic heterocycles. The minimum absolute atomic E-state index is 0.980. The standard InChI is InChI=1S/2C7H5NS.C2H6O6S2/c2*1-2-4-7-6(3-1)8-5-9-7;3-9(4,5)1-2-10(6,7)8/h2*1-5H;1-2H2,(H,3,4,5)(H,6,7,8). The van der Waals surface area contributed by atoms with Crippen LogP contribution in [0.5, 0.6) is 0 Å². The van der Waals surface area contributed by atoms with Crippen LogP contribution in [0.2, 0.25) is 0 Å². The molecule has 4 aromatic rings. The van der Waals surface area contributed by atoms with Crippen molar-refractivity contribution < 1.29 is 25.9 Å². The number of hydrogen-bond acceptors (Lipinski definition) is 8. The zero-order valence-electron chi connectivity index (χ0n) is 14.2. The Morgan fingerprint density at radius 1 is 0.679 bits per heavy atom. The van der Waals surface area contributed by atoms with Gasteiger partial charge in [0, 0.05) is 0 Å². The molecule has 0 aliphatic heterocycles. The van der Waals surface area contributed by atoms with Crippen LogP contribution in [0.25, 0.3) is 20.4 Å². The van der Waals surface area contributed by atoms with E-state index >= 15 is 0 Å². The first kappa shape index (κ1) is 22.3. The molecule has 0 saturated carbocycles. The number of fused-ring (bicyclic) bond motifs is 2. The molecule has 28 heavy (non-hydrogen) atoms. The van der Waals surface area contributed by atoms with Crippen LogP contribution in [0.15, 0.2) is 59.6 Å². The third-order valence-corrected chi connectivity index (χ3v) is 6.39. The number of nitrogens with zero attached hydrogens (tertiary/aromatic N) is 2. The summed E-state index contributed by atoms with van der Waals surface area (Å²) in [6.07, 6.45) is 0. The highest BCUT2D eigenvalue weighted by molar-refractivity contribution is 7.89. The summed E-state index contributed by atoms with van der Waals surface area (Å²) in [6.45, 7) is 0. The molecular weight excluding hydrogens is 444 g/mol. The van der Waals surface area contributed by atoms with Crippen LogP contribution in [0.4, 0.5) is 0 Å². The van der Waals surface area contributed by atoms with Crippen LogP contribution in [0.3, 0.4) is 0 Å². The summed E-state index contributed by atoms with van der Waals surface area (Å²) in [5, 5.41) is 0. The van der Waals surface area contributed by atoms with Gasteiger partial charge in [-0.2, -0.15) is 16.8 Å². The Hall–Kier alpha value is -1.96. The molecule has 150 valence electrons. The number of para-hydroxylation sites is 2. The molecule has 0 atom stereocenters. The van der Waals surface area contributed by atoms with Gasteiger partial charge >= 0.3 is 0 Å². The normalized spacial score (nSPS) is 11.4. The summed E-state index contributed by atoms with van der Waals surface area (Å²) in [7, 11) is -8.59. The maximum Gasteiger partial charge on any atom is 0.265 e. The molecular formula is C16H16N2O6S4. The van der Waals surface area contributed by atoms with E-state index in [0.29, 0.717) is 0 Å². The number of aromatic nitrogens is 2. The van der Waals surface area contributed by atoms with E-state index in [9.17, 15) is 16.8 Å². The maximum atomic E-state index is 9.86. The van der Waals surface area contributed by atoms with Gasteiger partial charge in [-0.05, 0) is 24.3 Å². The van der Waals surface area contributed by atoms with Crippen LogP contribution >= 0.6 is 22.7 Å². The van der Waals surface area contributed by atoms with E-state index in [4.69, 9.17) is 9.11 Å². The van der Waals surface area contributed by atoms with Crippen molar-refractivity contribution in [3.8, 4) is 0 Å². The van der Waals surface area contributed by atoms with Crippen molar-refractivity contribution in [3.05, 3.63) is 59.6 Å². The Labute approximate surface area is 170 Å². The molecule has 0 amide bonds. The third kappa shape index (κ3) is 8.37. The smallest absolute Gasteiger partial charge is 0.265 e. The first-order chi connectivity index (χ1) is 13.1. The van der Waals surface area contributed by atoms with Crippen LogP contribution in [0, 0.1) is 0 Å². The predicted octanol–water partition coefficient (Wildman–Crippen LogP) is 3.35. The monoisotopic (exact) mass is 460 g/mol. The van der Waals surface area contributed by atoms with E-state index in [1.807, 2.05) is 47.4 Å². The third-order valence-electron chi connectivity index (χ3n) is 3.07. The van der Waals surface area contributed by atoms with Crippen molar-refractivity contribution >= 4 is 63.3 Å². The zero-order valence-corrected chi connectivity index (χ0v) is 17.5. The Bertz CT molecular complexity index is 1070. The number of rotatable bonds is 3. The van der Waals surface area contributed by atoms with E-state index in [1.165, 1.54) is 9.40 Å². The number of benzene rings is 2. The van der Waals surface area contributed by atoms with Crippen molar-refractivity contribution in [2.75, 3.05) is 11.5 Å². The molecule has 0 saturated heterocycles. The number of thiazole rings is 2. The second-order valence-electron chi connectivity index (χ2n) is 5.21. The second kappa shape index (κ2) is 10.0. The van der Waals surface area contributed by atoms with Crippen molar-refractivity contribution in [2.45, 2.75) is 0 Å². The minimum Gasteiger partial charge on any atom is -0.286 e. The van der Waals surface area contributed by atoms with E-state index < -0.39 is 31.7 Å². The molecule has 0 bridgehead atoms. The fraction of sp³-hybridized carbons (Fsp3) is 0.125. The highest BCUT2D eigenvalue weighted by Crippen LogP contribution is 2.16. The molecule has 0 fully saturated rings. The van der Waals surface area contributed by atoms with Gasteiger partial charge in [0.2, 0.25) is 0 Å². The molecule has 0 spiro atoms. The average molecular weight is 461 g/mol. The highest BCUT2D eigenvalue weighted by Gasteiger charge is 2.11. The lowest BCUT2D eigenvalue weighted by Gasteiger charge is -1.92. The molecule has 0 aliphatic rings. The number of hydrogen-bond donors (Lipinski definition) is 2. The van der Waals surface area contributed by atoms with E-state index in [0.717, 1.165) is 11.0 Å². The van der Waals surface area contributed by atoms with Crippen LogP contribution < -0.4 is 0 Å². The van der Waals surface area contributed by atoms with Crippen LogP contribution in [0.1, 0.15) is 0 Å². The molecule has 0 aliphatic carbocycles. The Morgan fingerprint density at radius 2 is 1.04 bits per heavy atom. The van der Waals surface area contributed by atoms with Gasteiger partial charge in [0.05, 0.1) is 43.0 Å². The van der Waals surface area contributed by atoms with Gasteiger partial charge in [0.15, 0.2) is 0 Å². The topological polar surface area (TPSA) is 135 Å². The van der Waals surface area contributed by atoms with Gasteiger partial charge in [-0.1, -0.05) is 24.3 Å². The van der Waals surface area contributed by atoms with E-state index in [-0.39, 0.29) is 0 Å². The van der Waals surface area contributed by atoms with Gasteiger partial charge in [0.1, 0.15) is 0 Å². The van der Waals surface area contributed by atoms with Gasteiger partial charge < -0.3 is 0 Å². The Morgan fingerprint density at radius 3 is 1.36 bits per heavy atom. The van der Waals surface area contributed by atoms with Crippen LogP contribution in [-0.2, 0) is 20.2 Å². The molecule has 4 rings (SSSR count). The lowest BCUT2D eigenvalue weighted by Crippen LogP contribution is -2.15. The Kier molecular flexibility index (Phi) is 7.98. The van der Waals surface area contributed by atoms with Crippen molar-refractivity contribution in [1.29, 1.82) is 0 Å². The van der Waals surface area contributed by atoms with Gasteiger partial charge in [0.25, 0.3) is 20.2 Å². The Balaban J connectivity index is 0.000000150. The molecule has 2 aromatic carbocycles. The molecule has 0 unspecified atom stereocenters. The van der Waals surface area contributed by atoms with Gasteiger partial charge in [-0.15, -0.1) is 22.7 Å². The van der Waals surface area contributed by atoms with Gasteiger partial charge in [-0.25, -0.2) is 9.97 Å². The zero-order chi connectivity index (χ0) is 20.6. The molecule has 8 nitrogen and oxygen atoms in total. The second-order valence-corrected chi connectivity index (χ2v) is 10.1. The predicted molar refractivity (Wildman–Crippen MR) is 112 cm³/mol. The largest absolute Gasteiger partial charge is 0.286 e. The summed E-state index contributed by atoms with van der Waals surface area (Å²) >= 11 is 3.35. The van der Waals surface area contributed by atoms with Crippen molar-refractivity contribution in [2.24, 2.45) is 0 Å². The molecule has 2 heterocycles. The first-order valence-electron chi connectivity index (χ1n) is 7.61. The highest BCUT2D eigenvalue weighted by atomic mass is 32.2. The summed E-state index contributed by atoms with van der Waals surface area (Å²) in [6, 6.07) is 16.3. The summed E-state index contributed by atoms with van der Waals surface area (Å²) in [4.78, 5) is 8.27. The average Bonchev–Trinajstić information content (AvgIpc) is 3.29. The quantitative estimate of drug-likeness (QED) is 0.444. The summed E-state index contributed by atoms with van der Waals surface area (Å²) in [5.41, 5.74) is 5.93. The summed E-state index contributed by atoms with van der Waals surface area (Å²) < 4.78 is 57.9. The molecule has 12 heteroatoms. The molecule has 0 radical (unpaired) electrons. The van der Waals surface area contributed by atoms with Crippen molar-refractivity contribution in [3.63, 3.8) is 0 Å².